The molecule has 0 saturated carbocycles. The van der Waals surface area contributed by atoms with Crippen LogP contribution in [0.4, 0.5) is 0 Å². The largest absolute Gasteiger partial charge is 0.478 e. The summed E-state index contributed by atoms with van der Waals surface area (Å²) in [5.41, 5.74) is 2.04. The summed E-state index contributed by atoms with van der Waals surface area (Å²) in [6.45, 7) is 3.79. The molecule has 3 heteroatoms. The highest BCUT2D eigenvalue weighted by Crippen LogP contribution is 2.25. The Kier molecular flexibility index (Phi) is 1.81. The van der Waals surface area contributed by atoms with E-state index in [1.165, 1.54) is 0 Å². The second-order valence-corrected chi connectivity index (χ2v) is 3.30. The minimum atomic E-state index is -0.912. The number of fused-ring (bicyclic) bond motifs is 1. The topological polar surface area (TPSA) is 50.4 Å². The van der Waals surface area contributed by atoms with Crippen LogP contribution in [-0.2, 0) is 0 Å². The molecule has 0 fully saturated rings. The Bertz CT molecular complexity index is 508. The molecule has 3 nitrogen and oxygen atoms in total. The van der Waals surface area contributed by atoms with Crippen molar-refractivity contribution in [3.63, 3.8) is 0 Å². The van der Waals surface area contributed by atoms with Crippen LogP contribution in [0.15, 0.2) is 22.6 Å². The van der Waals surface area contributed by atoms with Crippen molar-refractivity contribution in [2.45, 2.75) is 13.8 Å². The van der Waals surface area contributed by atoms with Gasteiger partial charge < -0.3 is 9.52 Å². The number of hydrogen-bond donors (Lipinski definition) is 1. The molecule has 14 heavy (non-hydrogen) atoms. The Balaban J connectivity index is 2.76. The summed E-state index contributed by atoms with van der Waals surface area (Å²) in [5.74, 6) is -0.0762. The molecule has 0 spiro atoms. The molecule has 72 valence electrons. The average Bonchev–Trinajstić information content (AvgIpc) is 2.43. The van der Waals surface area contributed by atoms with E-state index < -0.39 is 5.97 Å². The number of carbonyl (C=O) groups is 1. The Morgan fingerprint density at radius 2 is 2.07 bits per heavy atom. The minimum absolute atomic E-state index is 0.293. The van der Waals surface area contributed by atoms with Gasteiger partial charge in [-0.15, -0.1) is 0 Å². The predicted octanol–water partition coefficient (Wildman–Crippen LogP) is 2.75. The van der Waals surface area contributed by atoms with E-state index in [9.17, 15) is 4.79 Å². The van der Waals surface area contributed by atoms with E-state index in [4.69, 9.17) is 9.52 Å². The van der Waals surface area contributed by atoms with Gasteiger partial charge in [-0.3, -0.25) is 0 Å². The zero-order valence-electron chi connectivity index (χ0n) is 8.00. The maximum absolute atomic E-state index is 10.7. The van der Waals surface area contributed by atoms with Crippen molar-refractivity contribution in [2.75, 3.05) is 0 Å². The Morgan fingerprint density at radius 3 is 2.71 bits per heavy atom. The maximum Gasteiger partial charge on any atom is 0.335 e. The van der Waals surface area contributed by atoms with Crippen molar-refractivity contribution < 1.29 is 14.3 Å². The normalized spacial score (nSPS) is 10.7. The van der Waals surface area contributed by atoms with Crippen LogP contribution in [0.2, 0.25) is 0 Å². The minimum Gasteiger partial charge on any atom is -0.478 e. The van der Waals surface area contributed by atoms with Crippen LogP contribution in [0.5, 0.6) is 0 Å². The van der Waals surface area contributed by atoms with Crippen LogP contribution in [0.25, 0.3) is 11.0 Å². The van der Waals surface area contributed by atoms with Crippen LogP contribution in [0.3, 0.4) is 0 Å². The van der Waals surface area contributed by atoms with Crippen molar-refractivity contribution >= 4 is 16.9 Å². The van der Waals surface area contributed by atoms with E-state index in [0.29, 0.717) is 5.56 Å². The first-order valence-electron chi connectivity index (χ1n) is 4.32. The Morgan fingerprint density at radius 1 is 1.36 bits per heavy atom. The third-order valence-corrected chi connectivity index (χ3v) is 2.42. The highest BCUT2D eigenvalue weighted by molar-refractivity contribution is 5.94. The summed E-state index contributed by atoms with van der Waals surface area (Å²) in [4.78, 5) is 10.7. The molecule has 0 aliphatic heterocycles. The van der Waals surface area contributed by atoms with E-state index in [1.54, 1.807) is 18.2 Å². The lowest BCUT2D eigenvalue weighted by atomic mass is 10.1. The van der Waals surface area contributed by atoms with Crippen LogP contribution < -0.4 is 0 Å². The molecule has 0 unspecified atom stereocenters. The van der Waals surface area contributed by atoms with Crippen molar-refractivity contribution in [2.24, 2.45) is 0 Å². The highest BCUT2D eigenvalue weighted by Gasteiger charge is 2.09. The van der Waals surface area contributed by atoms with E-state index in [0.717, 1.165) is 22.3 Å². The van der Waals surface area contributed by atoms with Crippen molar-refractivity contribution in [1.82, 2.24) is 0 Å². The fourth-order valence-corrected chi connectivity index (χ4v) is 1.48. The SMILES string of the molecule is Cc1oc2ccc(C(=O)O)cc2c1C. The first-order valence-corrected chi connectivity index (χ1v) is 4.32. The number of furan rings is 1. The summed E-state index contributed by atoms with van der Waals surface area (Å²) < 4.78 is 5.44. The smallest absolute Gasteiger partial charge is 0.335 e. The van der Waals surface area contributed by atoms with Gasteiger partial charge in [0.25, 0.3) is 0 Å². The Hall–Kier alpha value is -1.77. The van der Waals surface area contributed by atoms with Gasteiger partial charge in [0.1, 0.15) is 11.3 Å². The van der Waals surface area contributed by atoms with Crippen LogP contribution in [0.1, 0.15) is 21.7 Å². The van der Waals surface area contributed by atoms with Crippen LogP contribution in [0, 0.1) is 13.8 Å². The lowest BCUT2D eigenvalue weighted by Gasteiger charge is -1.93. The van der Waals surface area contributed by atoms with E-state index in [2.05, 4.69) is 0 Å². The maximum atomic E-state index is 10.7. The Labute approximate surface area is 81.0 Å². The quantitative estimate of drug-likeness (QED) is 0.752. The zero-order valence-corrected chi connectivity index (χ0v) is 8.00. The molecule has 1 N–H and O–H groups in total. The molecule has 1 aromatic carbocycles. The van der Waals surface area contributed by atoms with Gasteiger partial charge in [0, 0.05) is 5.39 Å². The number of aryl methyl sites for hydroxylation is 2. The number of rotatable bonds is 1. The van der Waals surface area contributed by atoms with Crippen LogP contribution >= 0.6 is 0 Å². The molecule has 0 bridgehead atoms. The van der Waals surface area contributed by atoms with Crippen molar-refractivity contribution in [1.29, 1.82) is 0 Å². The molecule has 0 saturated heterocycles. The number of aromatic carboxylic acids is 1. The van der Waals surface area contributed by atoms with E-state index in [-0.39, 0.29) is 0 Å². The standard InChI is InChI=1S/C11H10O3/c1-6-7(2)14-10-4-3-8(11(12)13)5-9(6)10/h3-5H,1-2H3,(H,12,13). The average molecular weight is 190 g/mol. The molecular weight excluding hydrogens is 180 g/mol. The van der Waals surface area contributed by atoms with Gasteiger partial charge in [0.2, 0.25) is 0 Å². The van der Waals surface area contributed by atoms with Crippen molar-refractivity contribution in [3.8, 4) is 0 Å². The predicted molar refractivity (Wildman–Crippen MR) is 52.6 cm³/mol. The van der Waals surface area contributed by atoms with E-state index >= 15 is 0 Å². The number of benzene rings is 1. The van der Waals surface area contributed by atoms with Gasteiger partial charge >= 0.3 is 5.97 Å². The molecule has 2 rings (SSSR count). The number of carboxylic acid groups (broad SMARTS) is 1. The van der Waals surface area contributed by atoms with Crippen molar-refractivity contribution in [3.05, 3.63) is 35.1 Å². The van der Waals surface area contributed by atoms with Gasteiger partial charge in [-0.2, -0.15) is 0 Å². The number of carboxylic acids is 1. The molecule has 0 amide bonds. The summed E-state index contributed by atoms with van der Waals surface area (Å²) in [5, 5.41) is 9.69. The molecule has 1 heterocycles. The van der Waals surface area contributed by atoms with Gasteiger partial charge in [-0.25, -0.2) is 4.79 Å². The first-order chi connectivity index (χ1) is 6.59. The highest BCUT2D eigenvalue weighted by atomic mass is 16.4. The van der Waals surface area contributed by atoms with E-state index in [1.807, 2.05) is 13.8 Å². The van der Waals surface area contributed by atoms with Gasteiger partial charge in [0.15, 0.2) is 0 Å². The lowest BCUT2D eigenvalue weighted by molar-refractivity contribution is 0.0697. The molecule has 0 atom stereocenters. The molecule has 0 aliphatic carbocycles. The third kappa shape index (κ3) is 1.18. The number of hydrogen-bond acceptors (Lipinski definition) is 2. The third-order valence-electron chi connectivity index (χ3n) is 2.42. The first kappa shape index (κ1) is 8.81. The molecule has 2 aromatic rings. The zero-order chi connectivity index (χ0) is 10.3. The van der Waals surface area contributed by atoms with Gasteiger partial charge in [-0.05, 0) is 37.6 Å². The lowest BCUT2D eigenvalue weighted by Crippen LogP contribution is -1.94. The molecule has 0 aliphatic rings. The van der Waals surface area contributed by atoms with Gasteiger partial charge in [-0.1, -0.05) is 0 Å². The summed E-state index contributed by atoms with van der Waals surface area (Å²) in [6.07, 6.45) is 0. The summed E-state index contributed by atoms with van der Waals surface area (Å²) in [7, 11) is 0. The van der Waals surface area contributed by atoms with Gasteiger partial charge in [0.05, 0.1) is 5.56 Å². The fraction of sp³-hybridized carbons (Fsp3) is 0.182. The monoisotopic (exact) mass is 190 g/mol. The second-order valence-electron chi connectivity index (χ2n) is 3.30. The summed E-state index contributed by atoms with van der Waals surface area (Å²) in [6, 6.07) is 4.88. The molecule has 1 aromatic heterocycles. The van der Waals surface area contributed by atoms with Crippen LogP contribution in [-0.4, -0.2) is 11.1 Å². The fourth-order valence-electron chi connectivity index (χ4n) is 1.48. The second kappa shape index (κ2) is 2.87. The summed E-state index contributed by atoms with van der Waals surface area (Å²) >= 11 is 0. The molecule has 0 radical (unpaired) electrons. The molecular formula is C11H10O3.